The average Bonchev–Trinajstić information content (AvgIpc) is 3.33. The van der Waals surface area contributed by atoms with E-state index in [9.17, 15) is 29.2 Å². The van der Waals surface area contributed by atoms with Gasteiger partial charge in [-0.05, 0) is 112 Å². The van der Waals surface area contributed by atoms with Gasteiger partial charge in [0.15, 0.2) is 5.82 Å². The van der Waals surface area contributed by atoms with E-state index in [0.29, 0.717) is 62.8 Å². The minimum absolute atomic E-state index is 0.000396. The summed E-state index contributed by atoms with van der Waals surface area (Å²) in [6.07, 6.45) is 1.21. The van der Waals surface area contributed by atoms with E-state index in [1.165, 1.54) is 25.3 Å². The fourth-order valence-electron chi connectivity index (χ4n) is 9.23. The van der Waals surface area contributed by atoms with Crippen molar-refractivity contribution in [2.75, 3.05) is 64.4 Å². The van der Waals surface area contributed by atoms with Crippen molar-refractivity contribution in [2.45, 2.75) is 78.0 Å². The van der Waals surface area contributed by atoms with Gasteiger partial charge in [0.2, 0.25) is 23.6 Å². The molecule has 10 N–H and O–H groups in total. The number of aromatic nitrogens is 2. The molecule has 1 fully saturated rings. The lowest BCUT2D eigenvalue weighted by Gasteiger charge is -2.36. The van der Waals surface area contributed by atoms with Crippen LogP contribution in [-0.2, 0) is 25.6 Å². The summed E-state index contributed by atoms with van der Waals surface area (Å²) in [5.74, 6) is -0.898. The highest BCUT2D eigenvalue weighted by Gasteiger charge is 2.36. The number of amides is 5. The Labute approximate surface area is 409 Å². The van der Waals surface area contributed by atoms with Gasteiger partial charge < -0.3 is 57.7 Å². The van der Waals surface area contributed by atoms with Crippen LogP contribution in [0.4, 0.5) is 5.69 Å². The zero-order valence-corrected chi connectivity index (χ0v) is 40.8. The van der Waals surface area contributed by atoms with Crippen LogP contribution < -0.4 is 52.8 Å². The van der Waals surface area contributed by atoms with Gasteiger partial charge in [0.25, 0.3) is 5.91 Å². The van der Waals surface area contributed by atoms with Gasteiger partial charge in [-0.1, -0.05) is 26.0 Å². The third-order valence-corrected chi connectivity index (χ3v) is 12.5. The first-order valence-corrected chi connectivity index (χ1v) is 23.7. The van der Waals surface area contributed by atoms with Gasteiger partial charge in [-0.25, -0.2) is 9.97 Å². The van der Waals surface area contributed by atoms with Crippen LogP contribution in [0.2, 0.25) is 0 Å². The third kappa shape index (κ3) is 12.5. The van der Waals surface area contributed by atoms with Gasteiger partial charge >= 0.3 is 0 Å². The molecule has 4 aromatic rings. The zero-order chi connectivity index (χ0) is 50.6. The number of benzene rings is 3. The second-order valence-electron chi connectivity index (χ2n) is 18.2. The second-order valence-corrected chi connectivity index (χ2v) is 18.2. The van der Waals surface area contributed by atoms with E-state index in [4.69, 9.17) is 36.6 Å². The molecule has 0 saturated carbocycles. The number of hydrogen-bond acceptors (Lipinski definition) is 14. The summed E-state index contributed by atoms with van der Waals surface area (Å²) in [6.45, 7) is 11.8. The van der Waals surface area contributed by atoms with E-state index < -0.39 is 53.7 Å². The number of nitriles is 1. The Kier molecular flexibility index (Phi) is 17.9. The van der Waals surface area contributed by atoms with E-state index in [-0.39, 0.29) is 57.8 Å². The Bertz CT molecular complexity index is 2550. The lowest BCUT2D eigenvalue weighted by molar-refractivity contribution is -0.141. The summed E-state index contributed by atoms with van der Waals surface area (Å²) in [6, 6.07) is 15.2. The molecule has 6 atom stereocenters. The second kappa shape index (κ2) is 23.9. The van der Waals surface area contributed by atoms with Crippen LogP contribution in [0.15, 0.2) is 60.7 Å². The molecule has 0 radical (unpaired) electrons. The van der Waals surface area contributed by atoms with Crippen molar-refractivity contribution in [3.05, 3.63) is 88.7 Å². The van der Waals surface area contributed by atoms with Crippen molar-refractivity contribution < 1.29 is 33.4 Å². The molecule has 1 aromatic heterocycles. The van der Waals surface area contributed by atoms with Crippen molar-refractivity contribution in [1.82, 2.24) is 36.1 Å². The number of nitrogens with two attached hydrogens (primary N) is 3. The number of hydrogen-bond donors (Lipinski definition) is 7. The molecule has 6 unspecified atom stereocenters. The fourth-order valence-corrected chi connectivity index (χ4v) is 9.23. The predicted molar refractivity (Wildman–Crippen MR) is 265 cm³/mol. The Morgan fingerprint density at radius 1 is 0.857 bits per heavy atom. The Morgan fingerprint density at radius 3 is 2.07 bits per heavy atom. The monoisotopic (exact) mass is 959 g/mol. The van der Waals surface area contributed by atoms with Crippen LogP contribution in [0.25, 0.3) is 22.5 Å². The molecule has 372 valence electrons. The molecule has 3 aromatic carbocycles. The number of likely N-dealkylation sites (N-methyl/N-ethyl adjacent to an activating group) is 1. The first-order valence-electron chi connectivity index (χ1n) is 23.7. The number of anilines is 1. The van der Waals surface area contributed by atoms with E-state index in [1.54, 1.807) is 50.2 Å². The molecule has 19 nitrogen and oxygen atoms in total. The Hall–Kier alpha value is -7.14. The maximum atomic E-state index is 14.8. The van der Waals surface area contributed by atoms with Crippen molar-refractivity contribution in [3.8, 4) is 40.1 Å². The molecule has 2 aliphatic heterocycles. The van der Waals surface area contributed by atoms with Crippen LogP contribution in [0.3, 0.4) is 0 Å². The first-order chi connectivity index (χ1) is 33.6. The van der Waals surface area contributed by atoms with Gasteiger partial charge in [0.05, 0.1) is 23.0 Å². The summed E-state index contributed by atoms with van der Waals surface area (Å²) in [4.78, 5) is 83.9. The SMILES string of the molecule is Cc1nc(-c2ccc(N3CC(C)CC(C)C3)cc2)nc(C)c1C(=O)NC(CCN)C(=O)N(C)C1C(=O)NC(C)C(=O)NC(C(=O)NCC#N)Cc2ccc(OCCN)c(c2)-c2cc1ccc2OCCN. The van der Waals surface area contributed by atoms with Crippen LogP contribution >= 0.6 is 0 Å². The number of carbonyl (C=O) groups excluding carboxylic acids is 5. The normalized spacial score (nSPS) is 19.6. The van der Waals surface area contributed by atoms with E-state index in [2.05, 4.69) is 52.1 Å². The Balaban J connectivity index is 1.35. The highest BCUT2D eigenvalue weighted by molar-refractivity contribution is 6.00. The number of aryl methyl sites for hydroxylation is 2. The molecule has 3 heterocycles. The largest absolute Gasteiger partial charge is 0.492 e. The van der Waals surface area contributed by atoms with E-state index in [1.807, 2.05) is 18.2 Å². The molecule has 19 heteroatoms. The van der Waals surface area contributed by atoms with E-state index >= 15 is 0 Å². The molecule has 70 heavy (non-hydrogen) atoms. The molecule has 1 saturated heterocycles. The number of piperidine rings is 1. The summed E-state index contributed by atoms with van der Waals surface area (Å²) in [5.41, 5.74) is 22.6. The Morgan fingerprint density at radius 2 is 1.47 bits per heavy atom. The van der Waals surface area contributed by atoms with Gasteiger partial charge in [-0.15, -0.1) is 0 Å². The minimum Gasteiger partial charge on any atom is -0.492 e. The summed E-state index contributed by atoms with van der Waals surface area (Å²) < 4.78 is 12.2. The van der Waals surface area contributed by atoms with Crippen LogP contribution in [0.5, 0.6) is 11.5 Å². The minimum atomic E-state index is -1.41. The topological polar surface area (TPSA) is 286 Å². The molecule has 0 aliphatic carbocycles. The number of carbonyl (C=O) groups is 5. The van der Waals surface area contributed by atoms with Crippen molar-refractivity contribution >= 4 is 35.2 Å². The molecular formula is C51H66N12O7. The first kappa shape index (κ1) is 52.2. The lowest BCUT2D eigenvalue weighted by atomic mass is 9.91. The van der Waals surface area contributed by atoms with Crippen LogP contribution in [0.1, 0.15) is 72.5 Å². The molecular weight excluding hydrogens is 893 g/mol. The van der Waals surface area contributed by atoms with Crippen LogP contribution in [-0.4, -0.2) is 122 Å². The van der Waals surface area contributed by atoms with Gasteiger partial charge in [-0.2, -0.15) is 5.26 Å². The molecule has 0 spiro atoms. The number of nitrogens with one attached hydrogen (secondary N) is 4. The van der Waals surface area contributed by atoms with Gasteiger partial charge in [-0.3, -0.25) is 24.0 Å². The molecule has 2 aliphatic rings. The quantitative estimate of drug-likeness (QED) is 0.0795. The number of ether oxygens (including phenoxy) is 2. The smallest absolute Gasteiger partial charge is 0.255 e. The predicted octanol–water partition coefficient (Wildman–Crippen LogP) is 2.42. The lowest BCUT2D eigenvalue weighted by Crippen LogP contribution is -2.56. The standard InChI is InChI=1S/C51H66N12O7/c1-29-23-30(2)28-63(27-29)37-11-8-35(9-12-37)46-57-31(3)44(32(4)58-46)49(66)60-40(15-16-52)51(68)62(6)45-36-10-14-43(70-22-19-55)39(26-36)38-24-34(7-13-42(38)69-21-18-54)25-41(48(65)56-20-17-53)61-47(64)33(5)59-50(45)67/h7-14,24,26,29-30,33,40-41,45H,15-16,18-23,25,27-28,52,54-55H2,1-6H3,(H,56,65)(H,59,67)(H,60,66)(H,61,64). The van der Waals surface area contributed by atoms with Gasteiger partial charge in [0.1, 0.15) is 55.4 Å². The maximum Gasteiger partial charge on any atom is 0.255 e. The van der Waals surface area contributed by atoms with Crippen molar-refractivity contribution in [3.63, 3.8) is 0 Å². The zero-order valence-electron chi connectivity index (χ0n) is 40.8. The fraction of sp³-hybridized carbons (Fsp3) is 0.451. The number of rotatable bonds is 16. The highest BCUT2D eigenvalue weighted by Crippen LogP contribution is 2.40. The molecule has 5 amide bonds. The van der Waals surface area contributed by atoms with E-state index in [0.717, 1.165) is 24.3 Å². The molecule has 6 rings (SSSR count). The summed E-state index contributed by atoms with van der Waals surface area (Å²) in [7, 11) is 1.42. The van der Waals surface area contributed by atoms with Crippen molar-refractivity contribution in [2.24, 2.45) is 29.0 Å². The van der Waals surface area contributed by atoms with Crippen molar-refractivity contribution in [1.29, 1.82) is 5.26 Å². The summed E-state index contributed by atoms with van der Waals surface area (Å²) >= 11 is 0. The average molecular weight is 959 g/mol. The van der Waals surface area contributed by atoms with Gasteiger partial charge in [0, 0.05) is 62.0 Å². The summed E-state index contributed by atoms with van der Waals surface area (Å²) in [5, 5.41) is 20.0. The molecule has 4 bridgehead atoms. The number of nitrogens with zero attached hydrogens (tertiary/aromatic N) is 5. The maximum absolute atomic E-state index is 14.8. The van der Waals surface area contributed by atoms with Crippen LogP contribution in [0, 0.1) is 37.0 Å². The third-order valence-electron chi connectivity index (χ3n) is 12.5. The highest BCUT2D eigenvalue weighted by atomic mass is 16.5. The number of fused-ring (bicyclic) bond motifs is 5.